The van der Waals surface area contributed by atoms with Crippen LogP contribution in [0.25, 0.3) is 0 Å². The van der Waals surface area contributed by atoms with E-state index in [4.69, 9.17) is 10.00 Å². The first kappa shape index (κ1) is 18.0. The summed E-state index contributed by atoms with van der Waals surface area (Å²) >= 11 is 5.31. The van der Waals surface area contributed by atoms with Crippen LogP contribution in [0.5, 0.6) is 5.75 Å². The molecule has 0 N–H and O–H groups in total. The molecular formula is C19H20BrN3OS. The smallest absolute Gasteiger partial charge is 0.132 e. The second-order valence-electron chi connectivity index (χ2n) is 5.81. The van der Waals surface area contributed by atoms with Gasteiger partial charge in [0.1, 0.15) is 11.6 Å². The molecule has 25 heavy (non-hydrogen) atoms. The molecule has 130 valence electrons. The van der Waals surface area contributed by atoms with E-state index in [1.807, 2.05) is 12.1 Å². The van der Waals surface area contributed by atoms with Crippen LogP contribution < -0.4 is 4.74 Å². The SMILES string of the molecule is COc1ccc(Br)cc1CCc1sccc1C1=NCCN1CCC#N. The summed E-state index contributed by atoms with van der Waals surface area (Å²) in [6.45, 7) is 2.48. The zero-order chi connectivity index (χ0) is 17.6. The Labute approximate surface area is 160 Å². The van der Waals surface area contributed by atoms with Crippen molar-refractivity contribution in [1.82, 2.24) is 4.90 Å². The first-order valence-corrected chi connectivity index (χ1v) is 9.95. The number of halogens is 1. The summed E-state index contributed by atoms with van der Waals surface area (Å²) in [6, 6.07) is 10.5. The number of benzene rings is 1. The number of hydrogen-bond acceptors (Lipinski definition) is 5. The predicted octanol–water partition coefficient (Wildman–Crippen LogP) is 4.28. The van der Waals surface area contributed by atoms with Gasteiger partial charge in [-0.2, -0.15) is 5.26 Å². The Morgan fingerprint density at radius 1 is 1.36 bits per heavy atom. The molecule has 2 aromatic rings. The second-order valence-corrected chi connectivity index (χ2v) is 7.73. The molecule has 0 bridgehead atoms. The standard InChI is InChI=1S/C19H20BrN3OS/c1-24-17-5-4-15(20)13-14(17)3-6-18-16(7-12-25-18)19-22-9-11-23(19)10-2-8-21/h4-5,7,12-13H,2-3,6,9-11H2,1H3. The Kier molecular flexibility index (Phi) is 6.11. The molecule has 0 atom stereocenters. The third-order valence-corrected chi connectivity index (χ3v) is 5.75. The van der Waals surface area contributed by atoms with Gasteiger partial charge in [-0.3, -0.25) is 4.99 Å². The Morgan fingerprint density at radius 3 is 3.04 bits per heavy atom. The first-order valence-electron chi connectivity index (χ1n) is 8.28. The Hall–Kier alpha value is -1.84. The average molecular weight is 418 g/mol. The lowest BCUT2D eigenvalue weighted by Crippen LogP contribution is -2.29. The fourth-order valence-electron chi connectivity index (χ4n) is 3.06. The van der Waals surface area contributed by atoms with Gasteiger partial charge in [-0.1, -0.05) is 15.9 Å². The maximum atomic E-state index is 8.85. The van der Waals surface area contributed by atoms with Crippen molar-refractivity contribution < 1.29 is 4.74 Å². The van der Waals surface area contributed by atoms with Crippen LogP contribution >= 0.6 is 27.3 Å². The van der Waals surface area contributed by atoms with Crippen molar-refractivity contribution in [3.63, 3.8) is 0 Å². The molecule has 4 nitrogen and oxygen atoms in total. The highest BCUT2D eigenvalue weighted by molar-refractivity contribution is 9.10. The van der Waals surface area contributed by atoms with Gasteiger partial charge < -0.3 is 9.64 Å². The van der Waals surface area contributed by atoms with Crippen molar-refractivity contribution in [2.24, 2.45) is 4.99 Å². The van der Waals surface area contributed by atoms with E-state index >= 15 is 0 Å². The summed E-state index contributed by atoms with van der Waals surface area (Å²) in [6.07, 6.45) is 2.40. The number of ether oxygens (including phenoxy) is 1. The quantitative estimate of drug-likeness (QED) is 0.675. The molecule has 3 rings (SSSR count). The number of rotatable bonds is 7. The van der Waals surface area contributed by atoms with Gasteiger partial charge in [-0.05, 0) is 48.1 Å². The minimum Gasteiger partial charge on any atom is -0.496 e. The second kappa shape index (κ2) is 8.50. The van der Waals surface area contributed by atoms with Crippen molar-refractivity contribution >= 4 is 33.1 Å². The maximum absolute atomic E-state index is 8.85. The molecule has 0 amide bonds. The van der Waals surface area contributed by atoms with Crippen LogP contribution in [0, 0.1) is 11.3 Å². The highest BCUT2D eigenvalue weighted by Gasteiger charge is 2.21. The normalized spacial score (nSPS) is 13.6. The molecule has 0 saturated carbocycles. The van der Waals surface area contributed by atoms with Gasteiger partial charge in [-0.15, -0.1) is 11.3 Å². The van der Waals surface area contributed by atoms with Gasteiger partial charge in [-0.25, -0.2) is 0 Å². The lowest BCUT2D eigenvalue weighted by molar-refractivity contribution is 0.409. The molecular weight excluding hydrogens is 398 g/mol. The molecule has 0 radical (unpaired) electrons. The van der Waals surface area contributed by atoms with Gasteiger partial charge in [0.15, 0.2) is 0 Å². The third kappa shape index (κ3) is 4.23. The van der Waals surface area contributed by atoms with E-state index < -0.39 is 0 Å². The largest absolute Gasteiger partial charge is 0.496 e. The lowest BCUT2D eigenvalue weighted by Gasteiger charge is -2.19. The minimum atomic E-state index is 0.535. The van der Waals surface area contributed by atoms with Gasteiger partial charge in [0.05, 0.1) is 26.1 Å². The third-order valence-electron chi connectivity index (χ3n) is 4.27. The number of thiophene rings is 1. The summed E-state index contributed by atoms with van der Waals surface area (Å²) in [7, 11) is 1.71. The molecule has 0 unspecified atom stereocenters. The van der Waals surface area contributed by atoms with Crippen molar-refractivity contribution in [1.29, 1.82) is 5.26 Å². The molecule has 6 heteroatoms. The van der Waals surface area contributed by atoms with Crippen molar-refractivity contribution in [2.45, 2.75) is 19.3 Å². The summed E-state index contributed by atoms with van der Waals surface area (Å²) in [5, 5.41) is 11.0. The summed E-state index contributed by atoms with van der Waals surface area (Å²) in [5.74, 6) is 1.97. The molecule has 0 aliphatic carbocycles. The van der Waals surface area contributed by atoms with Crippen LogP contribution in [0.2, 0.25) is 0 Å². The van der Waals surface area contributed by atoms with E-state index in [9.17, 15) is 0 Å². The number of aliphatic imine (C=N–C) groups is 1. The van der Waals surface area contributed by atoms with E-state index in [0.717, 1.165) is 48.5 Å². The van der Waals surface area contributed by atoms with Crippen LogP contribution in [0.4, 0.5) is 0 Å². The number of hydrogen-bond donors (Lipinski definition) is 0. The van der Waals surface area contributed by atoms with Crippen LogP contribution in [0.3, 0.4) is 0 Å². The maximum Gasteiger partial charge on any atom is 0.132 e. The van der Waals surface area contributed by atoms with Crippen LogP contribution in [0.15, 0.2) is 39.1 Å². The highest BCUT2D eigenvalue weighted by Crippen LogP contribution is 2.27. The molecule has 0 fully saturated rings. The molecule has 0 saturated heterocycles. The number of nitriles is 1. The van der Waals surface area contributed by atoms with E-state index in [1.165, 1.54) is 16.0 Å². The van der Waals surface area contributed by atoms with Crippen molar-refractivity contribution in [3.05, 3.63) is 50.1 Å². The summed E-state index contributed by atoms with van der Waals surface area (Å²) in [4.78, 5) is 8.25. The van der Waals surface area contributed by atoms with E-state index in [2.05, 4.69) is 49.4 Å². The average Bonchev–Trinajstić information content (AvgIpc) is 3.26. The van der Waals surface area contributed by atoms with E-state index in [0.29, 0.717) is 6.42 Å². The van der Waals surface area contributed by atoms with Gasteiger partial charge in [0, 0.05) is 28.0 Å². The Bertz CT molecular complexity index is 809. The van der Waals surface area contributed by atoms with Crippen LogP contribution in [-0.4, -0.2) is 37.5 Å². The van der Waals surface area contributed by atoms with Crippen molar-refractivity contribution in [3.8, 4) is 11.8 Å². The highest BCUT2D eigenvalue weighted by atomic mass is 79.9. The van der Waals surface area contributed by atoms with Crippen molar-refractivity contribution in [2.75, 3.05) is 26.7 Å². The van der Waals surface area contributed by atoms with E-state index in [-0.39, 0.29) is 0 Å². The first-order chi connectivity index (χ1) is 12.2. The Balaban J connectivity index is 1.75. The zero-order valence-electron chi connectivity index (χ0n) is 14.2. The molecule has 1 aromatic carbocycles. The number of amidine groups is 1. The molecule has 2 heterocycles. The summed E-state index contributed by atoms with van der Waals surface area (Å²) in [5.41, 5.74) is 2.42. The topological polar surface area (TPSA) is 48.6 Å². The fraction of sp³-hybridized carbons (Fsp3) is 0.368. The van der Waals surface area contributed by atoms with E-state index in [1.54, 1.807) is 18.4 Å². The minimum absolute atomic E-state index is 0.535. The number of aryl methyl sites for hydroxylation is 2. The number of nitrogens with zero attached hydrogens (tertiary/aromatic N) is 3. The monoisotopic (exact) mass is 417 g/mol. The predicted molar refractivity (Wildman–Crippen MR) is 106 cm³/mol. The molecule has 1 aliphatic heterocycles. The summed E-state index contributed by atoms with van der Waals surface area (Å²) < 4.78 is 6.55. The fourth-order valence-corrected chi connectivity index (χ4v) is 4.35. The van der Waals surface area contributed by atoms with Gasteiger partial charge in [0.25, 0.3) is 0 Å². The molecule has 1 aliphatic rings. The van der Waals surface area contributed by atoms with Gasteiger partial charge in [0.2, 0.25) is 0 Å². The molecule has 1 aromatic heterocycles. The molecule has 0 spiro atoms. The van der Waals surface area contributed by atoms with Crippen LogP contribution in [0.1, 0.15) is 22.4 Å². The van der Waals surface area contributed by atoms with Crippen LogP contribution in [-0.2, 0) is 12.8 Å². The number of methoxy groups -OCH3 is 1. The lowest BCUT2D eigenvalue weighted by atomic mass is 10.1. The van der Waals surface area contributed by atoms with Gasteiger partial charge >= 0.3 is 0 Å². The zero-order valence-corrected chi connectivity index (χ0v) is 16.6. The Morgan fingerprint density at radius 2 is 2.24 bits per heavy atom.